The zero-order valence-corrected chi connectivity index (χ0v) is 25.7. The Morgan fingerprint density at radius 3 is 2.51 bits per heavy atom. The molecule has 0 N–H and O–H groups in total. The van der Waals surface area contributed by atoms with Crippen LogP contribution in [0.3, 0.4) is 0 Å². The van der Waals surface area contributed by atoms with E-state index in [0.717, 1.165) is 40.5 Å². The molecule has 3 heterocycles. The third kappa shape index (κ3) is 7.77. The summed E-state index contributed by atoms with van der Waals surface area (Å²) in [6.07, 6.45) is -2.29. The summed E-state index contributed by atoms with van der Waals surface area (Å²) in [5, 5.41) is -0.0918. The summed E-state index contributed by atoms with van der Waals surface area (Å²) in [6.45, 7) is 0.708. The fourth-order valence-corrected chi connectivity index (χ4v) is 6.69. The number of rotatable bonds is 11. The normalized spacial score (nSPS) is 15.9. The Morgan fingerprint density at radius 1 is 1.07 bits per heavy atom. The highest BCUT2D eigenvalue weighted by molar-refractivity contribution is 7.90. The van der Waals surface area contributed by atoms with Crippen LogP contribution < -0.4 is 16.0 Å². The summed E-state index contributed by atoms with van der Waals surface area (Å²) >= 11 is 6.02. The number of benzene rings is 2. The fraction of sp³-hybridized carbons (Fsp3) is 0.414. The molecule has 16 heteroatoms. The molecule has 5 rings (SSSR count). The van der Waals surface area contributed by atoms with Crippen molar-refractivity contribution < 1.29 is 35.8 Å². The van der Waals surface area contributed by atoms with Gasteiger partial charge in [-0.05, 0) is 61.1 Å². The molecule has 1 fully saturated rings. The highest BCUT2D eigenvalue weighted by Crippen LogP contribution is 2.26. The molecule has 4 aromatic rings. The second kappa shape index (κ2) is 13.4. The molecule has 1 aliphatic heterocycles. The Labute approximate surface area is 260 Å². The largest absolute Gasteiger partial charge is 0.573 e. The van der Waals surface area contributed by atoms with E-state index >= 15 is 0 Å². The number of aryl methyl sites for hydroxylation is 1. The number of fused-ring (bicyclic) bond motifs is 1. The van der Waals surface area contributed by atoms with Crippen LogP contribution >= 0.6 is 11.6 Å². The number of alkyl halides is 3. The number of imidazole rings is 1. The Balaban J connectivity index is 1.54. The number of ether oxygens (including phenoxy) is 3. The van der Waals surface area contributed by atoms with Crippen molar-refractivity contribution in [3.63, 3.8) is 0 Å². The van der Waals surface area contributed by atoms with E-state index in [9.17, 15) is 31.2 Å². The molecular weight excluding hydrogens is 641 g/mol. The quantitative estimate of drug-likeness (QED) is 0.215. The monoisotopic (exact) mass is 670 g/mol. The van der Waals surface area contributed by atoms with E-state index in [1.165, 1.54) is 23.7 Å². The predicted octanol–water partition coefficient (Wildman–Crippen LogP) is 4.40. The van der Waals surface area contributed by atoms with Crippen LogP contribution in [-0.4, -0.2) is 53.0 Å². The number of sulfone groups is 1. The number of nitrogens with zero attached hydrogens (tertiary/aromatic N) is 4. The lowest BCUT2D eigenvalue weighted by molar-refractivity contribution is -0.274. The van der Waals surface area contributed by atoms with Crippen LogP contribution in [0.15, 0.2) is 63.3 Å². The number of hydrogen-bond donors (Lipinski definition) is 0. The maximum atomic E-state index is 13.8. The SMILES string of the molecule is Cn1c(=O)n(CCCOC2CCCCO2)c(=O)c2c1nc(S(=O)(=O)Cc1cccc(OC(F)(F)F)c1)n2Cc1ccc(Cl)cc1. The van der Waals surface area contributed by atoms with Crippen molar-refractivity contribution >= 4 is 32.6 Å². The minimum Gasteiger partial charge on any atom is -0.406 e. The fourth-order valence-electron chi connectivity index (χ4n) is 5.10. The van der Waals surface area contributed by atoms with Gasteiger partial charge >= 0.3 is 12.1 Å². The van der Waals surface area contributed by atoms with Gasteiger partial charge in [0.05, 0.1) is 18.9 Å². The first kappa shape index (κ1) is 32.7. The standard InChI is InChI=1S/C29H30ClF3N4O7S/c1-35-25-24(26(38)36(28(35)39)13-5-15-43-23-8-2-3-14-42-23)37(17-19-9-11-21(30)12-10-19)27(34-25)45(40,41)18-20-6-4-7-22(16-20)44-29(31,32)33/h4,6-7,9-12,16,23H,2-3,5,8,13-15,17-18H2,1H3. The molecule has 0 saturated carbocycles. The topological polar surface area (TPSA) is 124 Å². The third-order valence-corrected chi connectivity index (χ3v) is 9.02. The zero-order chi connectivity index (χ0) is 32.4. The molecule has 2 aromatic carbocycles. The van der Waals surface area contributed by atoms with Crippen molar-refractivity contribution in [2.24, 2.45) is 7.05 Å². The smallest absolute Gasteiger partial charge is 0.406 e. The van der Waals surface area contributed by atoms with Crippen LogP contribution in [0.5, 0.6) is 5.75 Å². The van der Waals surface area contributed by atoms with E-state index in [4.69, 9.17) is 21.1 Å². The molecule has 0 radical (unpaired) electrons. The molecule has 2 aromatic heterocycles. The van der Waals surface area contributed by atoms with Gasteiger partial charge in [0.1, 0.15) is 5.75 Å². The van der Waals surface area contributed by atoms with Crippen LogP contribution in [0.1, 0.15) is 36.8 Å². The van der Waals surface area contributed by atoms with E-state index < -0.39 is 44.1 Å². The highest BCUT2D eigenvalue weighted by Gasteiger charge is 2.32. The van der Waals surface area contributed by atoms with Gasteiger partial charge in [0.25, 0.3) is 5.56 Å². The molecule has 1 atom stereocenters. The van der Waals surface area contributed by atoms with Gasteiger partial charge in [-0.25, -0.2) is 13.2 Å². The van der Waals surface area contributed by atoms with Gasteiger partial charge in [-0.2, -0.15) is 4.98 Å². The number of halogens is 4. The van der Waals surface area contributed by atoms with E-state index in [0.29, 0.717) is 23.6 Å². The molecule has 0 bridgehead atoms. The average Bonchev–Trinajstić information content (AvgIpc) is 3.37. The summed E-state index contributed by atoms with van der Waals surface area (Å²) in [6, 6.07) is 11.1. The van der Waals surface area contributed by atoms with Gasteiger partial charge in [0, 0.05) is 25.2 Å². The lowest BCUT2D eigenvalue weighted by atomic mass is 10.2. The van der Waals surface area contributed by atoms with Crippen molar-refractivity contribution in [3.05, 3.63) is 85.5 Å². The second-order valence-electron chi connectivity index (χ2n) is 10.6. The van der Waals surface area contributed by atoms with Crippen molar-refractivity contribution in [2.75, 3.05) is 13.2 Å². The average molecular weight is 671 g/mol. The van der Waals surface area contributed by atoms with E-state index in [1.807, 2.05) is 0 Å². The van der Waals surface area contributed by atoms with Crippen LogP contribution in [-0.2, 0) is 45.2 Å². The van der Waals surface area contributed by atoms with Crippen LogP contribution in [0.4, 0.5) is 13.2 Å². The van der Waals surface area contributed by atoms with Crippen LogP contribution in [0.25, 0.3) is 11.2 Å². The van der Waals surface area contributed by atoms with Gasteiger partial charge in [-0.1, -0.05) is 35.9 Å². The third-order valence-electron chi connectivity index (χ3n) is 7.19. The summed E-state index contributed by atoms with van der Waals surface area (Å²) < 4.78 is 84.4. The van der Waals surface area contributed by atoms with Crippen molar-refractivity contribution in [1.82, 2.24) is 18.7 Å². The second-order valence-corrected chi connectivity index (χ2v) is 12.9. The molecule has 45 heavy (non-hydrogen) atoms. The summed E-state index contributed by atoms with van der Waals surface area (Å²) in [7, 11) is -3.02. The summed E-state index contributed by atoms with van der Waals surface area (Å²) in [4.78, 5) is 31.3. The Bertz CT molecular complexity index is 1900. The van der Waals surface area contributed by atoms with Crippen LogP contribution in [0.2, 0.25) is 5.02 Å². The molecule has 0 amide bonds. The molecule has 1 saturated heterocycles. The molecule has 11 nitrogen and oxygen atoms in total. The molecule has 0 spiro atoms. The molecular formula is C29H30ClF3N4O7S. The van der Waals surface area contributed by atoms with E-state index in [2.05, 4.69) is 9.72 Å². The van der Waals surface area contributed by atoms with Gasteiger partial charge in [0.2, 0.25) is 15.0 Å². The summed E-state index contributed by atoms with van der Waals surface area (Å²) in [5.41, 5.74) is -1.15. The maximum absolute atomic E-state index is 13.8. The maximum Gasteiger partial charge on any atom is 0.573 e. The predicted molar refractivity (Wildman–Crippen MR) is 158 cm³/mol. The van der Waals surface area contributed by atoms with Gasteiger partial charge in [0.15, 0.2) is 17.5 Å². The first-order valence-corrected chi connectivity index (χ1v) is 16.1. The summed E-state index contributed by atoms with van der Waals surface area (Å²) in [5.74, 6) is -1.34. The lowest BCUT2D eigenvalue weighted by Gasteiger charge is -2.22. The van der Waals surface area contributed by atoms with Crippen molar-refractivity contribution in [2.45, 2.75) is 62.3 Å². The van der Waals surface area contributed by atoms with Crippen molar-refractivity contribution in [1.29, 1.82) is 0 Å². The highest BCUT2D eigenvalue weighted by atomic mass is 35.5. The van der Waals surface area contributed by atoms with Crippen molar-refractivity contribution in [3.8, 4) is 5.75 Å². The van der Waals surface area contributed by atoms with E-state index in [1.54, 1.807) is 24.3 Å². The van der Waals surface area contributed by atoms with Gasteiger partial charge in [-0.15, -0.1) is 13.2 Å². The first-order chi connectivity index (χ1) is 21.3. The number of aromatic nitrogens is 4. The zero-order valence-electron chi connectivity index (χ0n) is 24.1. The molecule has 0 aliphatic carbocycles. The van der Waals surface area contributed by atoms with E-state index in [-0.39, 0.29) is 42.7 Å². The first-order valence-electron chi connectivity index (χ1n) is 14.1. The van der Waals surface area contributed by atoms with Gasteiger partial charge in [-0.3, -0.25) is 13.9 Å². The Morgan fingerprint density at radius 2 is 1.82 bits per heavy atom. The minimum absolute atomic E-state index is 0.00454. The Hall–Kier alpha value is -3.66. The molecule has 242 valence electrons. The Kier molecular flexibility index (Phi) is 9.72. The van der Waals surface area contributed by atoms with Crippen LogP contribution in [0, 0.1) is 0 Å². The minimum atomic E-state index is -4.97. The lowest BCUT2D eigenvalue weighted by Crippen LogP contribution is -2.40. The van der Waals surface area contributed by atoms with Gasteiger partial charge < -0.3 is 18.8 Å². The molecule has 1 aliphatic rings. The molecule has 1 unspecified atom stereocenters. The number of hydrogen-bond acceptors (Lipinski definition) is 8.